The number of para-hydroxylation sites is 1. The molecule has 3 aromatic heterocycles. The van der Waals surface area contributed by atoms with Crippen molar-refractivity contribution >= 4 is 34.5 Å². The molecule has 5 nitrogen and oxygen atoms in total. The van der Waals surface area contributed by atoms with Gasteiger partial charge in [-0.05, 0) is 68.3 Å². The smallest absolute Gasteiger partial charge is 0.365 e. The molecule has 5 aromatic rings. The number of aromatic nitrogens is 4. The zero-order valence-corrected chi connectivity index (χ0v) is 19.7. The molecule has 0 fully saturated rings. The van der Waals surface area contributed by atoms with E-state index in [9.17, 15) is 0 Å². The number of hydrogen-bond acceptors (Lipinski definition) is 3. The number of pyridine rings is 1. The first-order chi connectivity index (χ1) is 15.9. The van der Waals surface area contributed by atoms with E-state index in [1.54, 1.807) is 0 Å². The van der Waals surface area contributed by atoms with E-state index in [-0.39, 0.29) is 0 Å². The van der Waals surface area contributed by atoms with Crippen molar-refractivity contribution in [2.24, 2.45) is 0 Å². The highest BCUT2D eigenvalue weighted by Crippen LogP contribution is 2.26. The molecular formula is C28H28N5+. The van der Waals surface area contributed by atoms with Crippen LogP contribution in [0, 0.1) is 20.8 Å². The van der Waals surface area contributed by atoms with E-state index in [1.807, 2.05) is 17.5 Å². The third kappa shape index (κ3) is 3.76. The fraction of sp³-hybridized carbons (Fsp3) is 0.179. The average Bonchev–Trinajstić information content (AvgIpc) is 3.18. The van der Waals surface area contributed by atoms with E-state index in [4.69, 9.17) is 10.1 Å². The van der Waals surface area contributed by atoms with Gasteiger partial charge in [-0.25, -0.2) is 4.98 Å². The summed E-state index contributed by atoms with van der Waals surface area (Å²) in [6.07, 6.45) is 4.34. The van der Waals surface area contributed by atoms with Crippen LogP contribution in [0.15, 0.2) is 66.7 Å². The third-order valence-corrected chi connectivity index (χ3v) is 5.97. The number of anilines is 1. The van der Waals surface area contributed by atoms with Gasteiger partial charge >= 0.3 is 5.65 Å². The van der Waals surface area contributed by atoms with Gasteiger partial charge in [0.15, 0.2) is 5.65 Å². The third-order valence-electron chi connectivity index (χ3n) is 5.97. The first kappa shape index (κ1) is 20.9. The Labute approximate surface area is 194 Å². The van der Waals surface area contributed by atoms with Crippen molar-refractivity contribution in [2.75, 3.05) is 19.0 Å². The highest BCUT2D eigenvalue weighted by atomic mass is 15.3. The van der Waals surface area contributed by atoms with E-state index in [0.717, 1.165) is 50.6 Å². The van der Waals surface area contributed by atoms with Gasteiger partial charge in [0.2, 0.25) is 0 Å². The van der Waals surface area contributed by atoms with Crippen LogP contribution in [0.5, 0.6) is 0 Å². The summed E-state index contributed by atoms with van der Waals surface area (Å²) < 4.78 is 4.17. The molecule has 33 heavy (non-hydrogen) atoms. The molecule has 164 valence electrons. The Bertz CT molecular complexity index is 1490. The van der Waals surface area contributed by atoms with Crippen LogP contribution in [0.4, 0.5) is 5.69 Å². The predicted octanol–water partition coefficient (Wildman–Crippen LogP) is 5.32. The molecule has 0 aliphatic rings. The minimum absolute atomic E-state index is 0.884. The average molecular weight is 435 g/mol. The van der Waals surface area contributed by atoms with Gasteiger partial charge in [0.25, 0.3) is 0 Å². The Morgan fingerprint density at radius 2 is 1.61 bits per heavy atom. The van der Waals surface area contributed by atoms with Crippen molar-refractivity contribution in [3.63, 3.8) is 0 Å². The minimum atomic E-state index is 0.884. The number of aryl methyl sites for hydroxylation is 3. The Balaban J connectivity index is 1.75. The van der Waals surface area contributed by atoms with E-state index in [2.05, 4.69) is 110 Å². The van der Waals surface area contributed by atoms with Gasteiger partial charge in [0, 0.05) is 25.5 Å². The van der Waals surface area contributed by atoms with Crippen molar-refractivity contribution in [1.82, 2.24) is 14.6 Å². The van der Waals surface area contributed by atoms with Crippen molar-refractivity contribution in [1.29, 1.82) is 0 Å². The van der Waals surface area contributed by atoms with Gasteiger partial charge in [-0.2, -0.15) is 4.57 Å². The SMILES string of the molecule is Cc1cc(C)n2nc3c(c(/C=C/c4ccc(N(C)C)cc4)cc(C)[n+]3-c3ccccc3)c2n1. The van der Waals surface area contributed by atoms with Crippen LogP contribution >= 0.6 is 0 Å². The van der Waals surface area contributed by atoms with Crippen molar-refractivity contribution in [3.05, 3.63) is 94.9 Å². The summed E-state index contributed by atoms with van der Waals surface area (Å²) in [5.41, 5.74) is 9.51. The molecule has 0 saturated carbocycles. The molecule has 0 amide bonds. The lowest BCUT2D eigenvalue weighted by molar-refractivity contribution is -0.576. The highest BCUT2D eigenvalue weighted by Gasteiger charge is 2.25. The van der Waals surface area contributed by atoms with Crippen LogP contribution < -0.4 is 9.47 Å². The second-order valence-electron chi connectivity index (χ2n) is 8.70. The number of nitrogens with zero attached hydrogens (tertiary/aromatic N) is 5. The first-order valence-electron chi connectivity index (χ1n) is 11.2. The van der Waals surface area contributed by atoms with Crippen molar-refractivity contribution in [3.8, 4) is 5.69 Å². The van der Waals surface area contributed by atoms with Gasteiger partial charge in [0.05, 0.1) is 10.8 Å². The second kappa shape index (κ2) is 8.17. The Morgan fingerprint density at radius 3 is 2.30 bits per heavy atom. The molecule has 0 radical (unpaired) electrons. The minimum Gasteiger partial charge on any atom is -0.378 e. The number of rotatable bonds is 4. The molecule has 5 heteroatoms. The van der Waals surface area contributed by atoms with Crippen LogP contribution in [0.1, 0.15) is 28.2 Å². The predicted molar refractivity (Wildman–Crippen MR) is 136 cm³/mol. The first-order valence-corrected chi connectivity index (χ1v) is 11.2. The van der Waals surface area contributed by atoms with Crippen LogP contribution in [0.25, 0.3) is 34.5 Å². The molecule has 0 aliphatic heterocycles. The summed E-state index contributed by atoms with van der Waals surface area (Å²) in [7, 11) is 4.11. The largest absolute Gasteiger partial charge is 0.378 e. The molecule has 0 N–H and O–H groups in total. The molecular weight excluding hydrogens is 406 g/mol. The van der Waals surface area contributed by atoms with Gasteiger partial charge < -0.3 is 4.90 Å². The van der Waals surface area contributed by atoms with Gasteiger partial charge in [0.1, 0.15) is 16.8 Å². The molecule has 5 rings (SSSR count). The fourth-order valence-corrected chi connectivity index (χ4v) is 4.36. The Hall–Kier alpha value is -3.99. The van der Waals surface area contributed by atoms with Crippen LogP contribution in [0.2, 0.25) is 0 Å². The molecule has 0 atom stereocenters. The van der Waals surface area contributed by atoms with E-state index in [1.165, 1.54) is 5.69 Å². The summed E-state index contributed by atoms with van der Waals surface area (Å²) in [6, 6.07) is 23.2. The maximum atomic E-state index is 5.02. The normalized spacial score (nSPS) is 11.7. The molecule has 0 bridgehead atoms. The van der Waals surface area contributed by atoms with Crippen molar-refractivity contribution < 1.29 is 4.57 Å². The lowest BCUT2D eigenvalue weighted by Gasteiger charge is -2.11. The van der Waals surface area contributed by atoms with Crippen LogP contribution in [-0.4, -0.2) is 28.7 Å². The zero-order valence-electron chi connectivity index (χ0n) is 19.7. The highest BCUT2D eigenvalue weighted by molar-refractivity contribution is 5.97. The van der Waals surface area contributed by atoms with Crippen molar-refractivity contribution in [2.45, 2.75) is 20.8 Å². The number of benzene rings is 2. The summed E-state index contributed by atoms with van der Waals surface area (Å²) in [6.45, 7) is 6.24. The molecule has 0 spiro atoms. The summed E-state index contributed by atoms with van der Waals surface area (Å²) >= 11 is 0. The van der Waals surface area contributed by atoms with Gasteiger partial charge in [-0.15, -0.1) is 4.52 Å². The quantitative estimate of drug-likeness (QED) is 0.359. The van der Waals surface area contributed by atoms with Crippen LogP contribution in [0.3, 0.4) is 0 Å². The molecule has 0 unspecified atom stereocenters. The standard InChI is InChI=1S/C28H28N5/c1-19-17-21(3)33-27(29-19)26-23(14-11-22-12-15-24(16-13-22)31(4)5)18-20(2)32(28(26)30-33)25-9-7-6-8-10-25/h6-18H,1-5H3/q+1. The number of hydrogen-bond donors (Lipinski definition) is 0. The molecule has 2 aromatic carbocycles. The molecule has 3 heterocycles. The lowest BCUT2D eigenvalue weighted by atomic mass is 10.1. The Morgan fingerprint density at radius 1 is 0.879 bits per heavy atom. The number of fused-ring (bicyclic) bond motifs is 3. The summed E-state index contributed by atoms with van der Waals surface area (Å²) in [5, 5.41) is 6.07. The van der Waals surface area contributed by atoms with E-state index in [0.29, 0.717) is 0 Å². The zero-order chi connectivity index (χ0) is 23.1. The molecule has 0 saturated heterocycles. The monoisotopic (exact) mass is 434 g/mol. The summed E-state index contributed by atoms with van der Waals surface area (Å²) in [5.74, 6) is 0. The van der Waals surface area contributed by atoms with Gasteiger partial charge in [-0.1, -0.05) is 42.5 Å². The van der Waals surface area contributed by atoms with E-state index >= 15 is 0 Å². The second-order valence-corrected chi connectivity index (χ2v) is 8.70. The maximum Gasteiger partial charge on any atom is 0.365 e. The fourth-order valence-electron chi connectivity index (χ4n) is 4.36. The molecule has 0 aliphatic carbocycles. The van der Waals surface area contributed by atoms with Gasteiger partial charge in [-0.3, -0.25) is 0 Å². The summed E-state index contributed by atoms with van der Waals surface area (Å²) in [4.78, 5) is 6.99. The topological polar surface area (TPSA) is 37.3 Å². The van der Waals surface area contributed by atoms with Crippen LogP contribution in [-0.2, 0) is 0 Å². The lowest BCUT2D eigenvalue weighted by Crippen LogP contribution is -2.35. The maximum absolute atomic E-state index is 5.02. The van der Waals surface area contributed by atoms with E-state index < -0.39 is 0 Å². The Kier molecular flexibility index (Phi) is 5.17.